The number of methoxy groups -OCH3 is 1. The summed E-state index contributed by atoms with van der Waals surface area (Å²) in [4.78, 5) is 0. The fourth-order valence-electron chi connectivity index (χ4n) is 5.36. The summed E-state index contributed by atoms with van der Waals surface area (Å²) < 4.78 is 51.2. The smallest absolute Gasteiger partial charge is 0.416 e. The van der Waals surface area contributed by atoms with Gasteiger partial charge >= 0.3 is 6.18 Å². The molecule has 1 fully saturated rings. The van der Waals surface area contributed by atoms with E-state index in [4.69, 9.17) is 9.47 Å². The summed E-state index contributed by atoms with van der Waals surface area (Å²) in [6.07, 6.45) is -0.543. The number of rotatable bonds is 6. The fraction of sp³-hybridized carbons (Fsp3) is 0.357. The molecule has 1 N–H and O–H groups in total. The molecule has 0 saturated heterocycles. The van der Waals surface area contributed by atoms with Gasteiger partial charge in [0.15, 0.2) is 11.5 Å². The maximum Gasteiger partial charge on any atom is 0.416 e. The number of ether oxygens (including phenoxy) is 2. The Balaban J connectivity index is 1.49. The van der Waals surface area contributed by atoms with Crippen molar-refractivity contribution in [3.8, 4) is 11.5 Å². The zero-order chi connectivity index (χ0) is 23.8. The third-order valence-electron chi connectivity index (χ3n) is 7.30. The van der Waals surface area contributed by atoms with Crippen LogP contribution in [-0.4, -0.2) is 13.7 Å². The van der Waals surface area contributed by atoms with E-state index >= 15 is 0 Å². The number of nitrogens with one attached hydrogen (secondary N) is 1. The molecule has 0 spiro atoms. The third kappa shape index (κ3) is 4.16. The van der Waals surface area contributed by atoms with Crippen LogP contribution < -0.4 is 14.8 Å². The summed E-state index contributed by atoms with van der Waals surface area (Å²) in [5.41, 5.74) is 3.53. The van der Waals surface area contributed by atoms with Crippen molar-refractivity contribution >= 4 is 0 Å². The standard InChI is InChI=1S/C28H28F3NO2/c1-33-24-16-20-12-15-32-26(23(20)17-25(24)34-18-19-6-3-2-4-7-19)27(13-5-14-27)21-8-10-22(11-9-21)28(29,30)31/h2-4,6-11,16-17,26,32H,5,12-15,18H2,1H3. The van der Waals surface area contributed by atoms with Crippen molar-refractivity contribution in [3.05, 3.63) is 94.5 Å². The van der Waals surface area contributed by atoms with E-state index in [9.17, 15) is 13.2 Å². The maximum absolute atomic E-state index is 13.1. The molecule has 6 heteroatoms. The van der Waals surface area contributed by atoms with Crippen LogP contribution in [0.5, 0.6) is 11.5 Å². The van der Waals surface area contributed by atoms with Gasteiger partial charge in [-0.2, -0.15) is 13.2 Å². The molecule has 34 heavy (non-hydrogen) atoms. The monoisotopic (exact) mass is 467 g/mol. The SMILES string of the molecule is COc1cc2c(cc1OCc1ccccc1)C(C1(c3ccc(C(F)(F)F)cc3)CCC1)NCC2. The molecule has 1 unspecified atom stereocenters. The van der Waals surface area contributed by atoms with E-state index in [1.165, 1.54) is 17.7 Å². The average molecular weight is 468 g/mol. The zero-order valence-corrected chi connectivity index (χ0v) is 19.1. The minimum absolute atomic E-state index is 0.00622. The van der Waals surface area contributed by atoms with Crippen molar-refractivity contribution in [2.75, 3.05) is 13.7 Å². The Morgan fingerprint density at radius 2 is 1.71 bits per heavy atom. The normalized spacial score (nSPS) is 19.1. The van der Waals surface area contributed by atoms with Crippen LogP contribution in [0.4, 0.5) is 13.2 Å². The molecule has 2 aliphatic rings. The molecule has 3 aromatic rings. The predicted octanol–water partition coefficient (Wildman–Crippen LogP) is 6.60. The van der Waals surface area contributed by atoms with Gasteiger partial charge in [-0.25, -0.2) is 0 Å². The van der Waals surface area contributed by atoms with Crippen LogP contribution in [0.25, 0.3) is 0 Å². The molecule has 178 valence electrons. The third-order valence-corrected chi connectivity index (χ3v) is 7.30. The summed E-state index contributed by atoms with van der Waals surface area (Å²) >= 11 is 0. The highest BCUT2D eigenvalue weighted by Crippen LogP contribution is 2.54. The Labute approximate surface area is 197 Å². The Morgan fingerprint density at radius 3 is 2.32 bits per heavy atom. The second kappa shape index (κ2) is 8.99. The van der Waals surface area contributed by atoms with Gasteiger partial charge in [0.1, 0.15) is 6.61 Å². The second-order valence-corrected chi connectivity index (χ2v) is 9.20. The first-order chi connectivity index (χ1) is 16.4. The first-order valence-corrected chi connectivity index (χ1v) is 11.7. The molecule has 1 aliphatic heterocycles. The number of alkyl halides is 3. The highest BCUT2D eigenvalue weighted by molar-refractivity contribution is 5.52. The summed E-state index contributed by atoms with van der Waals surface area (Å²) in [7, 11) is 1.64. The highest BCUT2D eigenvalue weighted by Gasteiger charge is 2.48. The predicted molar refractivity (Wildman–Crippen MR) is 125 cm³/mol. The van der Waals surface area contributed by atoms with Gasteiger partial charge in [-0.1, -0.05) is 48.9 Å². The largest absolute Gasteiger partial charge is 0.493 e. The number of halogens is 3. The molecular weight excluding hydrogens is 439 g/mol. The van der Waals surface area contributed by atoms with Crippen LogP contribution >= 0.6 is 0 Å². The average Bonchev–Trinajstić information content (AvgIpc) is 2.82. The fourth-order valence-corrected chi connectivity index (χ4v) is 5.36. The van der Waals surface area contributed by atoms with E-state index in [0.717, 1.165) is 48.9 Å². The summed E-state index contributed by atoms with van der Waals surface area (Å²) in [6.45, 7) is 1.24. The summed E-state index contributed by atoms with van der Waals surface area (Å²) in [5.74, 6) is 1.38. The van der Waals surface area contributed by atoms with Crippen molar-refractivity contribution in [3.63, 3.8) is 0 Å². The molecule has 0 radical (unpaired) electrons. The number of benzene rings is 3. The van der Waals surface area contributed by atoms with Crippen molar-refractivity contribution in [1.82, 2.24) is 5.32 Å². The van der Waals surface area contributed by atoms with Gasteiger partial charge in [0, 0.05) is 11.5 Å². The Morgan fingerprint density at radius 1 is 0.971 bits per heavy atom. The lowest BCUT2D eigenvalue weighted by Crippen LogP contribution is -2.49. The minimum atomic E-state index is -4.33. The number of hydrogen-bond acceptors (Lipinski definition) is 3. The minimum Gasteiger partial charge on any atom is -0.493 e. The van der Waals surface area contributed by atoms with Crippen molar-refractivity contribution in [2.24, 2.45) is 0 Å². The molecule has 1 atom stereocenters. The topological polar surface area (TPSA) is 30.5 Å². The molecule has 5 rings (SSSR count). The molecule has 1 saturated carbocycles. The molecule has 1 aliphatic carbocycles. The lowest BCUT2D eigenvalue weighted by atomic mass is 9.58. The van der Waals surface area contributed by atoms with Gasteiger partial charge in [0.2, 0.25) is 0 Å². The molecule has 3 aromatic carbocycles. The van der Waals surface area contributed by atoms with Crippen molar-refractivity contribution in [1.29, 1.82) is 0 Å². The van der Waals surface area contributed by atoms with Crippen LogP contribution in [0.3, 0.4) is 0 Å². The molecule has 0 bridgehead atoms. The van der Waals surface area contributed by atoms with Crippen molar-refractivity contribution in [2.45, 2.75) is 49.9 Å². The van der Waals surface area contributed by atoms with E-state index in [2.05, 4.69) is 17.4 Å². The Hall–Kier alpha value is -2.99. The molecule has 0 amide bonds. The molecule has 1 heterocycles. The molecular formula is C28H28F3NO2. The second-order valence-electron chi connectivity index (χ2n) is 9.20. The van der Waals surface area contributed by atoms with Crippen LogP contribution in [0, 0.1) is 0 Å². The van der Waals surface area contributed by atoms with Crippen molar-refractivity contribution < 1.29 is 22.6 Å². The number of hydrogen-bond donors (Lipinski definition) is 1. The first kappa shape index (κ1) is 22.8. The van der Waals surface area contributed by atoms with E-state index in [-0.39, 0.29) is 11.5 Å². The quantitative estimate of drug-likeness (QED) is 0.443. The van der Waals surface area contributed by atoms with E-state index in [1.807, 2.05) is 30.3 Å². The van der Waals surface area contributed by atoms with Crippen LogP contribution in [-0.2, 0) is 24.6 Å². The first-order valence-electron chi connectivity index (χ1n) is 11.7. The van der Waals surface area contributed by atoms with Crippen LogP contribution in [0.15, 0.2) is 66.7 Å². The molecule has 0 aromatic heterocycles. The van der Waals surface area contributed by atoms with E-state index in [1.54, 1.807) is 19.2 Å². The Kier molecular flexibility index (Phi) is 6.02. The van der Waals surface area contributed by atoms with Gasteiger partial charge in [-0.3, -0.25) is 0 Å². The van der Waals surface area contributed by atoms with E-state index < -0.39 is 11.7 Å². The lowest BCUT2D eigenvalue weighted by molar-refractivity contribution is -0.137. The van der Waals surface area contributed by atoms with Crippen LogP contribution in [0.1, 0.15) is 53.1 Å². The number of fused-ring (bicyclic) bond motifs is 1. The molecule has 3 nitrogen and oxygen atoms in total. The van der Waals surface area contributed by atoms with Gasteiger partial charge in [0.05, 0.1) is 12.7 Å². The summed E-state index contributed by atoms with van der Waals surface area (Å²) in [5, 5.41) is 3.68. The maximum atomic E-state index is 13.1. The van der Waals surface area contributed by atoms with E-state index in [0.29, 0.717) is 18.1 Å². The van der Waals surface area contributed by atoms with Crippen LogP contribution in [0.2, 0.25) is 0 Å². The van der Waals surface area contributed by atoms with Gasteiger partial charge in [-0.05, 0) is 72.3 Å². The van der Waals surface area contributed by atoms with Gasteiger partial charge in [-0.15, -0.1) is 0 Å². The highest BCUT2D eigenvalue weighted by atomic mass is 19.4. The lowest BCUT2D eigenvalue weighted by Gasteiger charge is -2.50. The summed E-state index contributed by atoms with van der Waals surface area (Å²) in [6, 6.07) is 19.8. The van der Waals surface area contributed by atoms with Gasteiger partial charge < -0.3 is 14.8 Å². The zero-order valence-electron chi connectivity index (χ0n) is 19.1. The van der Waals surface area contributed by atoms with Gasteiger partial charge in [0.25, 0.3) is 0 Å². The Bertz CT molecular complexity index is 1140.